The average molecular weight is 240 g/mol. The van der Waals surface area contributed by atoms with E-state index in [0.717, 1.165) is 6.42 Å². The van der Waals surface area contributed by atoms with E-state index in [2.05, 4.69) is 45.0 Å². The summed E-state index contributed by atoms with van der Waals surface area (Å²) in [7, 11) is 0. The van der Waals surface area contributed by atoms with E-state index in [1.54, 1.807) is 13.8 Å². The number of aliphatic hydroxyl groups is 1. The third-order valence-corrected chi connectivity index (χ3v) is 2.07. The molecule has 0 aliphatic rings. The van der Waals surface area contributed by atoms with Crippen LogP contribution in [0.25, 0.3) is 0 Å². The highest BCUT2D eigenvalue weighted by atomic mass is 16.3. The fraction of sp³-hybridized carbons (Fsp3) is 0.625. The average Bonchev–Trinajstić information content (AvgIpc) is 2.41. The van der Waals surface area contributed by atoms with Gasteiger partial charge in [0.15, 0.2) is 0 Å². The van der Waals surface area contributed by atoms with Crippen LogP contribution in [0.4, 0.5) is 0 Å². The summed E-state index contributed by atoms with van der Waals surface area (Å²) in [5.41, 5.74) is 1.41. The Kier molecular flexibility index (Phi) is 14.4. The predicted molar refractivity (Wildman–Crippen MR) is 78.4 cm³/mol. The maximum Gasteiger partial charge on any atom is 0.0600 e. The summed E-state index contributed by atoms with van der Waals surface area (Å²) in [6.45, 7) is 10.0. The molecular formula is C16H30O. The Labute approximate surface area is 109 Å². The Hall–Kier alpha value is -0.820. The van der Waals surface area contributed by atoms with Crippen molar-refractivity contribution in [2.45, 2.75) is 66.4 Å². The quantitative estimate of drug-likeness (QED) is 0.802. The first kappa shape index (κ1) is 16.2. The number of hydrogen-bond acceptors (Lipinski definition) is 1. The topological polar surface area (TPSA) is 20.2 Å². The molecule has 1 nitrogen and oxygen atoms in total. The zero-order valence-corrected chi connectivity index (χ0v) is 12.2. The summed E-state index contributed by atoms with van der Waals surface area (Å²) < 4.78 is 6.98. The van der Waals surface area contributed by atoms with E-state index >= 15 is 0 Å². The molecule has 1 rings (SSSR count). The first-order chi connectivity index (χ1) is 8.47. The van der Waals surface area contributed by atoms with E-state index in [1.165, 1.54) is 12.0 Å². The third kappa shape index (κ3) is 15.2. The lowest BCUT2D eigenvalue weighted by Gasteiger charge is -1.98. The molecule has 0 saturated carbocycles. The van der Waals surface area contributed by atoms with E-state index in [4.69, 9.17) is 6.48 Å². The molecule has 0 saturated heterocycles. The summed E-state index contributed by atoms with van der Waals surface area (Å²) in [5.74, 6) is 0. The molecule has 0 heterocycles. The molecule has 1 N–H and O–H groups in total. The van der Waals surface area contributed by atoms with Crippen LogP contribution in [-0.2, 0) is 6.42 Å². The van der Waals surface area contributed by atoms with E-state index in [0.29, 0.717) is 12.8 Å². The van der Waals surface area contributed by atoms with Gasteiger partial charge >= 0.3 is 0 Å². The van der Waals surface area contributed by atoms with Gasteiger partial charge in [-0.2, -0.15) is 0 Å². The van der Waals surface area contributed by atoms with E-state index in [9.17, 15) is 0 Å². The molecule has 0 aromatic heterocycles. The fourth-order valence-electron chi connectivity index (χ4n) is 0.964. The van der Waals surface area contributed by atoms with Gasteiger partial charge in [-0.05, 0) is 24.8 Å². The Morgan fingerprint density at radius 2 is 1.41 bits per heavy atom. The van der Waals surface area contributed by atoms with Crippen molar-refractivity contribution in [2.75, 3.05) is 0 Å². The van der Waals surface area contributed by atoms with E-state index < -0.39 is 6.08 Å². The highest BCUT2D eigenvalue weighted by molar-refractivity contribution is 5.13. The van der Waals surface area contributed by atoms with Crippen molar-refractivity contribution in [3.05, 3.63) is 35.9 Å². The van der Waals surface area contributed by atoms with E-state index in [1.807, 2.05) is 6.07 Å². The van der Waals surface area contributed by atoms with Gasteiger partial charge in [0.1, 0.15) is 0 Å². The molecule has 0 atom stereocenters. The van der Waals surface area contributed by atoms with Crippen LogP contribution >= 0.6 is 0 Å². The van der Waals surface area contributed by atoms with Crippen molar-refractivity contribution in [3.63, 3.8) is 0 Å². The van der Waals surface area contributed by atoms with Crippen LogP contribution < -0.4 is 0 Å². The van der Waals surface area contributed by atoms with Gasteiger partial charge in [-0.25, -0.2) is 0 Å². The van der Waals surface area contributed by atoms with Gasteiger partial charge in [0.2, 0.25) is 0 Å². The minimum Gasteiger partial charge on any atom is -0.393 e. The second-order valence-corrected chi connectivity index (χ2v) is 3.82. The summed E-state index contributed by atoms with van der Waals surface area (Å²) in [6.07, 6.45) is 2.26. The minimum atomic E-state index is -1.17. The Balaban J connectivity index is 0. The molecule has 0 amide bonds. The smallest absolute Gasteiger partial charge is 0.0600 e. The van der Waals surface area contributed by atoms with Crippen LogP contribution in [0, 0.1) is 0 Å². The summed E-state index contributed by atoms with van der Waals surface area (Å²) in [6, 6.07) is 10.5. The van der Waals surface area contributed by atoms with Gasteiger partial charge in [-0.1, -0.05) is 71.4 Å². The van der Waals surface area contributed by atoms with Crippen LogP contribution in [0.15, 0.2) is 30.3 Å². The molecule has 17 heavy (non-hydrogen) atoms. The summed E-state index contributed by atoms with van der Waals surface area (Å²) in [4.78, 5) is 0. The number of benzene rings is 1. The lowest BCUT2D eigenvalue weighted by Crippen LogP contribution is -1.99. The van der Waals surface area contributed by atoms with Gasteiger partial charge in [-0.15, -0.1) is 0 Å². The minimum absolute atomic E-state index is 0.517. The number of rotatable bonds is 3. The van der Waals surface area contributed by atoms with Gasteiger partial charge in [-0.3, -0.25) is 0 Å². The molecule has 0 aliphatic heterocycles. The lowest BCUT2D eigenvalue weighted by atomic mass is 10.2. The van der Waals surface area contributed by atoms with E-state index in [-0.39, 0.29) is 0 Å². The van der Waals surface area contributed by atoms with Crippen LogP contribution in [0.5, 0.6) is 0 Å². The number of aryl methyl sites for hydroxylation is 1. The maximum absolute atomic E-state index is 8.80. The van der Waals surface area contributed by atoms with Gasteiger partial charge in [0, 0.05) is 0 Å². The molecule has 0 aliphatic carbocycles. The largest absolute Gasteiger partial charge is 0.393 e. The molecule has 0 radical (unpaired) electrons. The normalized spacial score (nSPS) is 10.4. The summed E-state index contributed by atoms with van der Waals surface area (Å²) >= 11 is 0. The lowest BCUT2D eigenvalue weighted by molar-refractivity contribution is 0.166. The van der Waals surface area contributed by atoms with Gasteiger partial charge in [0.05, 0.1) is 7.45 Å². The van der Waals surface area contributed by atoms with Gasteiger partial charge in [0.25, 0.3) is 0 Å². The van der Waals surface area contributed by atoms with Crippen molar-refractivity contribution >= 4 is 0 Å². The number of hydrogen-bond donors (Lipinski definition) is 1. The molecule has 1 aromatic carbocycles. The Morgan fingerprint density at radius 1 is 1.00 bits per heavy atom. The summed E-state index contributed by atoms with van der Waals surface area (Å²) in [5, 5.41) is 8.80. The predicted octanol–water partition coefficient (Wildman–Crippen LogP) is 4.83. The molecule has 0 spiro atoms. The molecule has 100 valence electrons. The zero-order valence-electron chi connectivity index (χ0n) is 13.2. The molecule has 1 aromatic rings. The Bertz CT molecular complexity index is 251. The third-order valence-electron chi connectivity index (χ3n) is 2.07. The monoisotopic (exact) mass is 240 g/mol. The molecule has 1 heteroatoms. The highest BCUT2D eigenvalue weighted by Crippen LogP contribution is 1.96. The highest BCUT2D eigenvalue weighted by Gasteiger charge is 1.90. The first-order valence-electron chi connectivity index (χ1n) is 7.23. The Morgan fingerprint density at radius 3 is 1.59 bits per heavy atom. The zero-order chi connectivity index (χ0) is 14.4. The van der Waals surface area contributed by atoms with Gasteiger partial charge < -0.3 is 5.11 Å². The molecule has 0 bridgehead atoms. The van der Waals surface area contributed by atoms with Crippen LogP contribution in [0.2, 0.25) is 0 Å². The van der Waals surface area contributed by atoms with Crippen LogP contribution in [-0.4, -0.2) is 11.2 Å². The molecular weight excluding hydrogens is 208 g/mol. The van der Waals surface area contributed by atoms with Crippen molar-refractivity contribution in [1.82, 2.24) is 0 Å². The molecule has 0 unspecified atom stereocenters. The van der Waals surface area contributed by atoms with Crippen molar-refractivity contribution < 1.29 is 6.48 Å². The second kappa shape index (κ2) is 15.2. The van der Waals surface area contributed by atoms with Crippen molar-refractivity contribution in [3.8, 4) is 0 Å². The van der Waals surface area contributed by atoms with Crippen molar-refractivity contribution in [2.24, 2.45) is 0 Å². The van der Waals surface area contributed by atoms with Crippen LogP contribution in [0.1, 0.15) is 60.8 Å². The van der Waals surface area contributed by atoms with Crippen LogP contribution in [0.3, 0.4) is 0 Å². The maximum atomic E-state index is 8.80. The first-order valence-corrected chi connectivity index (χ1v) is 6.73. The SMILES string of the molecule is CCC.CCc1ccccc1.[3H]C(O)(CC)CC. The standard InChI is InChI=1S/C8H10.C5H12O.C3H8/c1-2-8-6-4-3-5-7-8;1-3-5(6)4-2;1-3-2/h3-7H,2H2,1H3;5-6H,3-4H2,1-2H3;3H2,1-2H3/i;5T;. The second-order valence-electron chi connectivity index (χ2n) is 3.82. The molecule has 0 fully saturated rings. The fourth-order valence-corrected chi connectivity index (χ4v) is 0.964. The van der Waals surface area contributed by atoms with Crippen molar-refractivity contribution in [1.29, 1.82) is 0 Å².